The molecule has 0 bridgehead atoms. The Balaban J connectivity index is 2.03. The summed E-state index contributed by atoms with van der Waals surface area (Å²) in [6.45, 7) is 0.391. The summed E-state index contributed by atoms with van der Waals surface area (Å²) in [5.41, 5.74) is 5.22. The van der Waals surface area contributed by atoms with Gasteiger partial charge in [-0.3, -0.25) is 0 Å². The Hall–Kier alpha value is -0.660. The summed E-state index contributed by atoms with van der Waals surface area (Å²) in [5, 5.41) is 0. The summed E-state index contributed by atoms with van der Waals surface area (Å²) in [7, 11) is -3.65. The molecule has 0 heterocycles. The molecule has 1 saturated carbocycles. The molecule has 1 aromatic carbocycles. The smallest absolute Gasteiger partial charge is 0.241 e. The lowest BCUT2D eigenvalue weighted by molar-refractivity contribution is 0.571. The first-order valence-corrected chi connectivity index (χ1v) is 8.42. The van der Waals surface area contributed by atoms with E-state index in [0.29, 0.717) is 6.54 Å². The topological polar surface area (TPSA) is 72.2 Å². The second-order valence-corrected chi connectivity index (χ2v) is 7.38. The predicted octanol–water partition coefficient (Wildman–Crippen LogP) is 2.64. The zero-order valence-electron chi connectivity index (χ0n) is 10.3. The zero-order chi connectivity index (χ0) is 14.0. The maximum atomic E-state index is 13.2. The van der Waals surface area contributed by atoms with E-state index >= 15 is 0 Å². The number of hydrogen-bond donors (Lipinski definition) is 2. The molecular formula is C12H16BrFN2O2S. The van der Waals surface area contributed by atoms with Gasteiger partial charge in [0.05, 0.1) is 10.6 Å². The lowest BCUT2D eigenvalue weighted by Crippen LogP contribution is -2.25. The number of nitrogens with two attached hydrogens (primary N) is 1. The molecule has 1 aromatic rings. The molecule has 0 atom stereocenters. The van der Waals surface area contributed by atoms with Gasteiger partial charge in [0.15, 0.2) is 0 Å². The highest BCUT2D eigenvalue weighted by atomic mass is 79.9. The number of benzene rings is 1. The van der Waals surface area contributed by atoms with Crippen molar-refractivity contribution in [2.45, 2.75) is 30.6 Å². The number of halogens is 2. The van der Waals surface area contributed by atoms with Crippen molar-refractivity contribution in [3.05, 3.63) is 22.4 Å². The van der Waals surface area contributed by atoms with Gasteiger partial charge in [-0.1, -0.05) is 12.8 Å². The van der Waals surface area contributed by atoms with Crippen LogP contribution >= 0.6 is 15.9 Å². The van der Waals surface area contributed by atoms with Crippen molar-refractivity contribution in [3.8, 4) is 0 Å². The monoisotopic (exact) mass is 350 g/mol. The molecule has 0 saturated heterocycles. The van der Waals surface area contributed by atoms with Crippen molar-refractivity contribution in [2.24, 2.45) is 5.92 Å². The molecule has 3 N–H and O–H groups in total. The van der Waals surface area contributed by atoms with E-state index < -0.39 is 15.8 Å². The van der Waals surface area contributed by atoms with Crippen LogP contribution in [0.25, 0.3) is 0 Å². The normalized spacial score (nSPS) is 15.7. The second kappa shape index (κ2) is 5.76. The molecule has 2 rings (SSSR count). The van der Waals surface area contributed by atoms with Crippen LogP contribution in [0.5, 0.6) is 0 Å². The third kappa shape index (κ3) is 3.90. The lowest BCUT2D eigenvalue weighted by atomic mass is 10.2. The fourth-order valence-corrected chi connectivity index (χ4v) is 3.95. The van der Waals surface area contributed by atoms with E-state index in [0.717, 1.165) is 30.9 Å². The SMILES string of the molecule is Nc1cc(S(=O)(=O)NCCCC2CC2)c(Br)cc1F. The van der Waals surface area contributed by atoms with E-state index in [2.05, 4.69) is 20.7 Å². The van der Waals surface area contributed by atoms with Crippen LogP contribution in [0.3, 0.4) is 0 Å². The second-order valence-electron chi connectivity index (χ2n) is 4.79. The Morgan fingerprint density at radius 2 is 2.11 bits per heavy atom. The van der Waals surface area contributed by atoms with Gasteiger partial charge in [-0.25, -0.2) is 17.5 Å². The van der Waals surface area contributed by atoms with Crippen LogP contribution in [0, 0.1) is 11.7 Å². The number of sulfonamides is 1. The molecule has 7 heteroatoms. The minimum atomic E-state index is -3.65. The maximum absolute atomic E-state index is 13.2. The van der Waals surface area contributed by atoms with Crippen molar-refractivity contribution in [1.29, 1.82) is 0 Å². The van der Waals surface area contributed by atoms with Gasteiger partial charge in [-0.15, -0.1) is 0 Å². The van der Waals surface area contributed by atoms with Crippen molar-refractivity contribution in [3.63, 3.8) is 0 Å². The standard InChI is InChI=1S/C12H16BrFN2O2S/c13-9-6-10(14)11(15)7-12(9)19(17,18)16-5-1-2-8-3-4-8/h6-8,16H,1-5,15H2. The summed E-state index contributed by atoms with van der Waals surface area (Å²) >= 11 is 3.04. The third-order valence-corrected chi connectivity index (χ3v) is 5.54. The molecule has 0 spiro atoms. The summed E-state index contributed by atoms with van der Waals surface area (Å²) in [6.07, 6.45) is 4.38. The van der Waals surface area contributed by atoms with Crippen LogP contribution in [-0.2, 0) is 10.0 Å². The van der Waals surface area contributed by atoms with Crippen molar-refractivity contribution < 1.29 is 12.8 Å². The van der Waals surface area contributed by atoms with Crippen molar-refractivity contribution >= 4 is 31.6 Å². The van der Waals surface area contributed by atoms with E-state index in [1.54, 1.807) is 0 Å². The average Bonchev–Trinajstić information content (AvgIpc) is 3.13. The largest absolute Gasteiger partial charge is 0.396 e. The Kier molecular flexibility index (Phi) is 4.47. The van der Waals surface area contributed by atoms with E-state index in [1.165, 1.54) is 12.8 Å². The Bertz CT molecular complexity index is 573. The molecule has 0 radical (unpaired) electrons. The van der Waals surface area contributed by atoms with Crippen molar-refractivity contribution in [1.82, 2.24) is 4.72 Å². The van der Waals surface area contributed by atoms with E-state index in [1.807, 2.05) is 0 Å². The van der Waals surface area contributed by atoms with E-state index in [4.69, 9.17) is 5.73 Å². The first-order chi connectivity index (χ1) is 8.90. The highest BCUT2D eigenvalue weighted by Crippen LogP contribution is 2.33. The molecule has 0 aliphatic heterocycles. The quantitative estimate of drug-likeness (QED) is 0.611. The third-order valence-electron chi connectivity index (χ3n) is 3.12. The molecule has 0 aromatic heterocycles. The molecule has 0 unspecified atom stereocenters. The Labute approximate surface area is 120 Å². The highest BCUT2D eigenvalue weighted by molar-refractivity contribution is 9.10. The molecule has 1 aliphatic carbocycles. The van der Waals surface area contributed by atoms with E-state index in [9.17, 15) is 12.8 Å². The first kappa shape index (κ1) is 14.7. The zero-order valence-corrected chi connectivity index (χ0v) is 12.7. The Morgan fingerprint density at radius 3 is 2.74 bits per heavy atom. The van der Waals surface area contributed by atoms with Gasteiger partial charge in [0.25, 0.3) is 0 Å². The molecule has 106 valence electrons. The van der Waals surface area contributed by atoms with Gasteiger partial charge in [-0.05, 0) is 46.8 Å². The van der Waals surface area contributed by atoms with Crippen LogP contribution < -0.4 is 10.5 Å². The molecule has 0 amide bonds. The van der Waals surface area contributed by atoms with Gasteiger partial charge in [-0.2, -0.15) is 0 Å². The maximum Gasteiger partial charge on any atom is 0.241 e. The fraction of sp³-hybridized carbons (Fsp3) is 0.500. The fourth-order valence-electron chi connectivity index (χ4n) is 1.83. The van der Waals surface area contributed by atoms with Gasteiger partial charge in [0.1, 0.15) is 5.82 Å². The molecule has 4 nitrogen and oxygen atoms in total. The van der Waals surface area contributed by atoms with Crippen LogP contribution in [0.4, 0.5) is 10.1 Å². The summed E-state index contributed by atoms with van der Waals surface area (Å²) in [4.78, 5) is -0.0298. The molecule has 19 heavy (non-hydrogen) atoms. The van der Waals surface area contributed by atoms with Crippen LogP contribution in [0.1, 0.15) is 25.7 Å². The number of anilines is 1. The van der Waals surface area contributed by atoms with Gasteiger partial charge < -0.3 is 5.73 Å². The minimum absolute atomic E-state index is 0.0298. The van der Waals surface area contributed by atoms with Crippen LogP contribution in [0.15, 0.2) is 21.5 Å². The van der Waals surface area contributed by atoms with Crippen LogP contribution in [0.2, 0.25) is 0 Å². The minimum Gasteiger partial charge on any atom is -0.396 e. The van der Waals surface area contributed by atoms with E-state index in [-0.39, 0.29) is 15.1 Å². The first-order valence-electron chi connectivity index (χ1n) is 6.14. The lowest BCUT2D eigenvalue weighted by Gasteiger charge is -2.09. The highest BCUT2D eigenvalue weighted by Gasteiger charge is 2.22. The average molecular weight is 351 g/mol. The Morgan fingerprint density at radius 1 is 1.42 bits per heavy atom. The number of nitrogen functional groups attached to an aromatic ring is 1. The van der Waals surface area contributed by atoms with Crippen LogP contribution in [-0.4, -0.2) is 15.0 Å². The summed E-state index contributed by atoms with van der Waals surface area (Å²) < 4.78 is 40.0. The number of rotatable bonds is 6. The summed E-state index contributed by atoms with van der Waals surface area (Å²) in [5.74, 6) is 0.136. The number of nitrogens with one attached hydrogen (secondary N) is 1. The van der Waals surface area contributed by atoms with Gasteiger partial charge in [0.2, 0.25) is 10.0 Å². The molecule has 1 aliphatic rings. The van der Waals surface area contributed by atoms with Crippen molar-refractivity contribution in [2.75, 3.05) is 12.3 Å². The molecule has 1 fully saturated rings. The van der Waals surface area contributed by atoms with Gasteiger partial charge in [0, 0.05) is 11.0 Å². The van der Waals surface area contributed by atoms with Gasteiger partial charge >= 0.3 is 0 Å². The summed E-state index contributed by atoms with van der Waals surface area (Å²) in [6, 6.07) is 2.19. The predicted molar refractivity (Wildman–Crippen MR) is 75.7 cm³/mol. The number of hydrogen-bond acceptors (Lipinski definition) is 3. The molecular weight excluding hydrogens is 335 g/mol.